The quantitative estimate of drug-likeness (QED) is 0.666. The second kappa shape index (κ2) is 8.82. The van der Waals surface area contributed by atoms with Gasteiger partial charge in [-0.05, 0) is 42.7 Å². The Morgan fingerprint density at radius 2 is 1.88 bits per heavy atom. The smallest absolute Gasteiger partial charge is 0.319 e. The van der Waals surface area contributed by atoms with E-state index in [0.29, 0.717) is 21.4 Å². The Kier molecular flexibility index (Phi) is 6.78. The van der Waals surface area contributed by atoms with E-state index in [2.05, 4.69) is 16.0 Å². The van der Waals surface area contributed by atoms with Gasteiger partial charge in [-0.3, -0.25) is 4.79 Å². The van der Waals surface area contributed by atoms with E-state index in [-0.39, 0.29) is 6.54 Å². The summed E-state index contributed by atoms with van der Waals surface area (Å²) in [4.78, 5) is 24.7. The summed E-state index contributed by atoms with van der Waals surface area (Å²) in [6.07, 6.45) is 1.95. The number of urea groups is 1. The summed E-state index contributed by atoms with van der Waals surface area (Å²) < 4.78 is 0. The van der Waals surface area contributed by atoms with Crippen LogP contribution in [0.2, 0.25) is 10.0 Å². The first-order chi connectivity index (χ1) is 11.5. The Hall–Kier alpha value is -1.89. The van der Waals surface area contributed by atoms with E-state index in [1.54, 1.807) is 30.0 Å². The lowest BCUT2D eigenvalue weighted by Gasteiger charge is -2.10. The number of hydrogen-bond donors (Lipinski definition) is 3. The topological polar surface area (TPSA) is 70.2 Å². The Morgan fingerprint density at radius 1 is 1.08 bits per heavy atom. The minimum Gasteiger partial charge on any atom is -0.329 e. The number of halogens is 2. The lowest BCUT2D eigenvalue weighted by Crippen LogP contribution is -2.35. The highest BCUT2D eigenvalue weighted by Crippen LogP contribution is 2.25. The molecule has 0 spiro atoms. The van der Waals surface area contributed by atoms with Crippen molar-refractivity contribution in [3.63, 3.8) is 0 Å². The number of carbonyl (C=O) groups excluding carboxylic acids is 2. The molecular formula is C16H15Cl2N3O2S. The van der Waals surface area contributed by atoms with E-state index in [1.807, 2.05) is 24.5 Å². The van der Waals surface area contributed by atoms with Gasteiger partial charge in [-0.15, -0.1) is 11.8 Å². The number of hydrogen-bond acceptors (Lipinski definition) is 3. The van der Waals surface area contributed by atoms with Crippen molar-refractivity contribution in [2.75, 3.05) is 23.4 Å². The molecule has 0 saturated carbocycles. The molecule has 24 heavy (non-hydrogen) atoms. The molecule has 0 aliphatic heterocycles. The van der Waals surface area contributed by atoms with Crippen LogP contribution < -0.4 is 16.0 Å². The molecular weight excluding hydrogens is 369 g/mol. The predicted molar refractivity (Wildman–Crippen MR) is 100 cm³/mol. The number of rotatable bonds is 5. The molecule has 0 radical (unpaired) electrons. The molecule has 3 amide bonds. The van der Waals surface area contributed by atoms with Crippen molar-refractivity contribution in [2.45, 2.75) is 4.90 Å². The van der Waals surface area contributed by atoms with Crippen LogP contribution in [0.5, 0.6) is 0 Å². The predicted octanol–water partition coefficient (Wildman–Crippen LogP) is 4.48. The summed E-state index contributed by atoms with van der Waals surface area (Å²) in [5, 5.41) is 8.55. The monoisotopic (exact) mass is 383 g/mol. The molecule has 0 aromatic heterocycles. The van der Waals surface area contributed by atoms with Crippen molar-refractivity contribution in [1.29, 1.82) is 0 Å². The summed E-state index contributed by atoms with van der Waals surface area (Å²) >= 11 is 13.4. The molecule has 0 heterocycles. The van der Waals surface area contributed by atoms with Crippen molar-refractivity contribution >= 4 is 58.3 Å². The molecule has 8 heteroatoms. The average molecular weight is 384 g/mol. The van der Waals surface area contributed by atoms with Gasteiger partial charge in [0.25, 0.3) is 0 Å². The lowest BCUT2D eigenvalue weighted by molar-refractivity contribution is -0.115. The molecule has 2 aromatic carbocycles. The Bertz CT molecular complexity index is 756. The molecule has 0 bridgehead atoms. The van der Waals surface area contributed by atoms with Gasteiger partial charge in [-0.2, -0.15) is 0 Å². The second-order valence-electron chi connectivity index (χ2n) is 4.71. The van der Waals surface area contributed by atoms with Crippen molar-refractivity contribution in [1.82, 2.24) is 5.32 Å². The molecule has 126 valence electrons. The number of thioether (sulfide) groups is 1. The molecule has 0 aliphatic rings. The van der Waals surface area contributed by atoms with Crippen molar-refractivity contribution in [3.8, 4) is 0 Å². The highest BCUT2D eigenvalue weighted by atomic mass is 35.5. The van der Waals surface area contributed by atoms with Crippen molar-refractivity contribution < 1.29 is 9.59 Å². The minimum absolute atomic E-state index is 0.198. The maximum absolute atomic E-state index is 11.9. The van der Waals surface area contributed by atoms with Gasteiger partial charge in [0.05, 0.1) is 17.3 Å². The van der Waals surface area contributed by atoms with Gasteiger partial charge in [0.15, 0.2) is 0 Å². The largest absolute Gasteiger partial charge is 0.329 e. The molecule has 0 fully saturated rings. The first kappa shape index (κ1) is 18.4. The van der Waals surface area contributed by atoms with Crippen LogP contribution in [0.15, 0.2) is 47.4 Å². The van der Waals surface area contributed by atoms with Crippen LogP contribution in [0.4, 0.5) is 16.2 Å². The SMILES string of the molecule is CSc1cccc(NC(=O)NCC(=O)Nc2cc(Cl)ccc2Cl)c1. The van der Waals surface area contributed by atoms with Crippen LogP contribution in [-0.2, 0) is 4.79 Å². The van der Waals surface area contributed by atoms with Gasteiger partial charge in [0.2, 0.25) is 5.91 Å². The third-order valence-corrected chi connectivity index (χ3v) is 4.23. The molecule has 0 atom stereocenters. The summed E-state index contributed by atoms with van der Waals surface area (Å²) in [6.45, 7) is -0.198. The zero-order chi connectivity index (χ0) is 17.5. The Balaban J connectivity index is 1.84. The van der Waals surface area contributed by atoms with Crippen LogP contribution in [0.25, 0.3) is 0 Å². The first-order valence-electron chi connectivity index (χ1n) is 6.92. The first-order valence-corrected chi connectivity index (χ1v) is 8.90. The Morgan fingerprint density at radius 3 is 2.62 bits per heavy atom. The third kappa shape index (κ3) is 5.63. The molecule has 0 aliphatic carbocycles. The lowest BCUT2D eigenvalue weighted by atomic mass is 10.3. The van der Waals surface area contributed by atoms with E-state index >= 15 is 0 Å². The third-order valence-electron chi connectivity index (χ3n) is 2.94. The highest BCUT2D eigenvalue weighted by molar-refractivity contribution is 7.98. The zero-order valence-electron chi connectivity index (χ0n) is 12.7. The number of carbonyl (C=O) groups is 2. The standard InChI is InChI=1S/C16H15Cl2N3O2S/c1-24-12-4-2-3-11(8-12)20-16(23)19-9-15(22)21-14-7-10(17)5-6-13(14)18/h2-8H,9H2,1H3,(H,21,22)(H2,19,20,23). The number of amides is 3. The van der Waals surface area contributed by atoms with Crippen LogP contribution in [0.3, 0.4) is 0 Å². The average Bonchev–Trinajstić information content (AvgIpc) is 2.56. The molecule has 2 aromatic rings. The summed E-state index contributed by atoms with van der Waals surface area (Å²) in [5.74, 6) is -0.410. The van der Waals surface area contributed by atoms with E-state index in [1.165, 1.54) is 6.07 Å². The highest BCUT2D eigenvalue weighted by Gasteiger charge is 2.09. The van der Waals surface area contributed by atoms with E-state index < -0.39 is 11.9 Å². The molecule has 3 N–H and O–H groups in total. The fraction of sp³-hybridized carbons (Fsp3) is 0.125. The van der Waals surface area contributed by atoms with Gasteiger partial charge in [-0.1, -0.05) is 29.3 Å². The fourth-order valence-corrected chi connectivity index (χ4v) is 2.62. The maximum Gasteiger partial charge on any atom is 0.319 e. The van der Waals surface area contributed by atoms with E-state index in [4.69, 9.17) is 23.2 Å². The summed E-state index contributed by atoms with van der Waals surface area (Å²) in [7, 11) is 0. The van der Waals surface area contributed by atoms with Crippen LogP contribution >= 0.6 is 35.0 Å². The zero-order valence-corrected chi connectivity index (χ0v) is 15.1. The van der Waals surface area contributed by atoms with Gasteiger partial charge >= 0.3 is 6.03 Å². The maximum atomic E-state index is 11.9. The van der Waals surface area contributed by atoms with Crippen LogP contribution in [-0.4, -0.2) is 24.7 Å². The van der Waals surface area contributed by atoms with Gasteiger partial charge in [-0.25, -0.2) is 4.79 Å². The fourth-order valence-electron chi connectivity index (χ4n) is 1.82. The van der Waals surface area contributed by atoms with E-state index in [9.17, 15) is 9.59 Å². The van der Waals surface area contributed by atoms with Gasteiger partial charge in [0.1, 0.15) is 0 Å². The second-order valence-corrected chi connectivity index (χ2v) is 6.44. The van der Waals surface area contributed by atoms with Crippen molar-refractivity contribution in [3.05, 3.63) is 52.5 Å². The van der Waals surface area contributed by atoms with E-state index in [0.717, 1.165) is 4.90 Å². The molecule has 5 nitrogen and oxygen atoms in total. The van der Waals surface area contributed by atoms with Crippen LogP contribution in [0.1, 0.15) is 0 Å². The van der Waals surface area contributed by atoms with Gasteiger partial charge in [0, 0.05) is 15.6 Å². The normalized spacial score (nSPS) is 10.1. The molecule has 0 saturated heterocycles. The van der Waals surface area contributed by atoms with Crippen LogP contribution in [0, 0.1) is 0 Å². The molecule has 0 unspecified atom stereocenters. The Labute approximate surface area is 154 Å². The number of anilines is 2. The number of nitrogens with one attached hydrogen (secondary N) is 3. The van der Waals surface area contributed by atoms with Gasteiger partial charge < -0.3 is 16.0 Å². The minimum atomic E-state index is -0.472. The summed E-state index contributed by atoms with van der Waals surface area (Å²) in [6, 6.07) is 11.7. The summed E-state index contributed by atoms with van der Waals surface area (Å²) in [5.41, 5.74) is 1.04. The number of benzene rings is 2. The van der Waals surface area contributed by atoms with Crippen molar-refractivity contribution in [2.24, 2.45) is 0 Å². The molecule has 2 rings (SSSR count).